The van der Waals surface area contributed by atoms with Crippen molar-refractivity contribution in [3.63, 3.8) is 0 Å². The predicted octanol–water partition coefficient (Wildman–Crippen LogP) is 2.76. The van der Waals surface area contributed by atoms with Crippen LogP contribution in [0.3, 0.4) is 0 Å². The normalized spacial score (nSPS) is 16.6. The Kier molecular flexibility index (Phi) is 5.45. The molecule has 0 aromatic heterocycles. The highest BCUT2D eigenvalue weighted by Gasteiger charge is 2.25. The molecule has 0 heterocycles. The molecule has 0 aliphatic heterocycles. The Labute approximate surface area is 101 Å². The SMILES string of the molecule is CCOC(=O)N(S)C(=O)OC1CCCCC1. The number of thiol groups is 1. The standard InChI is InChI=1S/C10H17NO4S/c1-2-14-9(12)11(16)10(13)15-8-6-4-3-5-7-8/h8,16H,2-7H2,1H3. The summed E-state index contributed by atoms with van der Waals surface area (Å²) in [5.74, 6) is 0. The fourth-order valence-corrected chi connectivity index (χ4v) is 1.74. The van der Waals surface area contributed by atoms with E-state index in [1.54, 1.807) is 6.92 Å². The van der Waals surface area contributed by atoms with Crippen LogP contribution in [0.1, 0.15) is 39.0 Å². The zero-order chi connectivity index (χ0) is 12.0. The molecule has 6 heteroatoms. The van der Waals surface area contributed by atoms with Crippen molar-refractivity contribution in [2.24, 2.45) is 0 Å². The smallest absolute Gasteiger partial charge is 0.429 e. The molecular formula is C10H17NO4S. The van der Waals surface area contributed by atoms with Gasteiger partial charge in [-0.05, 0) is 45.4 Å². The first-order chi connectivity index (χ1) is 7.65. The minimum absolute atomic E-state index is 0.0923. The molecule has 1 fully saturated rings. The third-order valence-electron chi connectivity index (χ3n) is 2.43. The van der Waals surface area contributed by atoms with Crippen LogP contribution in [0.15, 0.2) is 0 Å². The third kappa shape index (κ3) is 3.92. The largest absolute Gasteiger partial charge is 0.449 e. The van der Waals surface area contributed by atoms with E-state index in [0.29, 0.717) is 4.31 Å². The summed E-state index contributed by atoms with van der Waals surface area (Å²) in [6, 6.07) is 0. The van der Waals surface area contributed by atoms with Gasteiger partial charge in [0.1, 0.15) is 6.10 Å². The van der Waals surface area contributed by atoms with Gasteiger partial charge in [-0.15, -0.1) is 0 Å². The molecule has 0 atom stereocenters. The second-order valence-corrected chi connectivity index (χ2v) is 4.05. The van der Waals surface area contributed by atoms with Gasteiger partial charge in [-0.2, -0.15) is 4.31 Å². The monoisotopic (exact) mass is 247 g/mol. The van der Waals surface area contributed by atoms with Crippen molar-refractivity contribution in [1.82, 2.24) is 4.31 Å². The number of ether oxygens (including phenoxy) is 2. The van der Waals surface area contributed by atoms with Crippen molar-refractivity contribution >= 4 is 25.0 Å². The van der Waals surface area contributed by atoms with Gasteiger partial charge in [0.25, 0.3) is 0 Å². The molecule has 5 nitrogen and oxygen atoms in total. The number of rotatable bonds is 2. The lowest BCUT2D eigenvalue weighted by Crippen LogP contribution is -2.33. The third-order valence-corrected chi connectivity index (χ3v) is 2.76. The van der Waals surface area contributed by atoms with Gasteiger partial charge in [0, 0.05) is 0 Å². The van der Waals surface area contributed by atoms with E-state index in [9.17, 15) is 9.59 Å². The lowest BCUT2D eigenvalue weighted by Gasteiger charge is -2.23. The molecule has 1 aliphatic carbocycles. The maximum atomic E-state index is 11.5. The Morgan fingerprint density at radius 1 is 1.25 bits per heavy atom. The van der Waals surface area contributed by atoms with Crippen molar-refractivity contribution in [2.45, 2.75) is 45.1 Å². The molecule has 0 N–H and O–H groups in total. The fourth-order valence-electron chi connectivity index (χ4n) is 1.63. The fraction of sp³-hybridized carbons (Fsp3) is 0.800. The molecule has 92 valence electrons. The summed E-state index contributed by atoms with van der Waals surface area (Å²) in [4.78, 5) is 22.6. The van der Waals surface area contributed by atoms with Crippen LogP contribution < -0.4 is 0 Å². The van der Waals surface area contributed by atoms with Crippen molar-refractivity contribution < 1.29 is 19.1 Å². The lowest BCUT2D eigenvalue weighted by atomic mass is 9.98. The number of amides is 2. The Morgan fingerprint density at radius 2 is 1.88 bits per heavy atom. The molecular weight excluding hydrogens is 230 g/mol. The maximum Gasteiger partial charge on any atom is 0.429 e. The summed E-state index contributed by atoms with van der Waals surface area (Å²) < 4.78 is 10.3. The number of carbonyl (C=O) groups excluding carboxylic acids is 2. The first kappa shape index (κ1) is 13.2. The van der Waals surface area contributed by atoms with E-state index in [1.807, 2.05) is 0 Å². The Morgan fingerprint density at radius 3 is 2.44 bits per heavy atom. The second kappa shape index (κ2) is 6.62. The molecule has 0 unspecified atom stereocenters. The average molecular weight is 247 g/mol. The summed E-state index contributed by atoms with van der Waals surface area (Å²) in [6.07, 6.45) is 3.36. The van der Waals surface area contributed by atoms with Gasteiger partial charge >= 0.3 is 12.2 Å². The number of nitrogens with zero attached hydrogens (tertiary/aromatic N) is 1. The molecule has 2 amide bonds. The number of imide groups is 1. The molecule has 0 radical (unpaired) electrons. The second-order valence-electron chi connectivity index (χ2n) is 3.65. The van der Waals surface area contributed by atoms with E-state index in [4.69, 9.17) is 4.74 Å². The zero-order valence-corrected chi connectivity index (χ0v) is 10.2. The van der Waals surface area contributed by atoms with Gasteiger partial charge in [-0.3, -0.25) is 0 Å². The highest BCUT2D eigenvalue weighted by atomic mass is 32.1. The molecule has 0 aromatic rings. The van der Waals surface area contributed by atoms with Gasteiger partial charge < -0.3 is 9.47 Å². The Balaban J connectivity index is 2.35. The summed E-state index contributed by atoms with van der Waals surface area (Å²) in [7, 11) is 0. The van der Waals surface area contributed by atoms with E-state index in [0.717, 1.165) is 25.7 Å². The molecule has 0 aromatic carbocycles. The minimum Gasteiger partial charge on any atom is -0.449 e. The van der Waals surface area contributed by atoms with Crippen LogP contribution in [0.4, 0.5) is 9.59 Å². The molecule has 0 spiro atoms. The molecule has 0 saturated heterocycles. The van der Waals surface area contributed by atoms with Crippen molar-refractivity contribution in [3.8, 4) is 0 Å². The minimum atomic E-state index is -0.799. The molecule has 1 aliphatic rings. The highest BCUT2D eigenvalue weighted by molar-refractivity contribution is 7.79. The van der Waals surface area contributed by atoms with Gasteiger partial charge in [0.05, 0.1) is 6.61 Å². The summed E-state index contributed by atoms with van der Waals surface area (Å²) in [5.41, 5.74) is 0. The summed E-state index contributed by atoms with van der Waals surface area (Å²) in [6.45, 7) is 1.86. The van der Waals surface area contributed by atoms with Crippen molar-refractivity contribution in [3.05, 3.63) is 0 Å². The van der Waals surface area contributed by atoms with E-state index < -0.39 is 12.2 Å². The number of carbonyl (C=O) groups is 2. The Bertz CT molecular complexity index is 253. The van der Waals surface area contributed by atoms with Crippen LogP contribution in [-0.2, 0) is 9.47 Å². The molecule has 1 saturated carbocycles. The van der Waals surface area contributed by atoms with Crippen LogP contribution in [0.25, 0.3) is 0 Å². The predicted molar refractivity (Wildman–Crippen MR) is 61.2 cm³/mol. The zero-order valence-electron chi connectivity index (χ0n) is 9.35. The van der Waals surface area contributed by atoms with Crippen LogP contribution >= 0.6 is 12.8 Å². The maximum absolute atomic E-state index is 11.5. The topological polar surface area (TPSA) is 55.8 Å². The summed E-state index contributed by atoms with van der Waals surface area (Å²) in [5, 5.41) is 0. The highest BCUT2D eigenvalue weighted by Crippen LogP contribution is 2.21. The van der Waals surface area contributed by atoms with Crippen LogP contribution in [-0.4, -0.2) is 29.2 Å². The molecule has 16 heavy (non-hydrogen) atoms. The van der Waals surface area contributed by atoms with Gasteiger partial charge in [-0.25, -0.2) is 9.59 Å². The van der Waals surface area contributed by atoms with E-state index >= 15 is 0 Å². The van der Waals surface area contributed by atoms with E-state index in [-0.39, 0.29) is 12.7 Å². The van der Waals surface area contributed by atoms with Crippen molar-refractivity contribution in [1.29, 1.82) is 0 Å². The first-order valence-corrected chi connectivity index (χ1v) is 5.91. The average Bonchev–Trinajstić information content (AvgIpc) is 2.29. The van der Waals surface area contributed by atoms with Crippen LogP contribution in [0.5, 0.6) is 0 Å². The molecule has 0 bridgehead atoms. The molecule has 1 rings (SSSR count). The van der Waals surface area contributed by atoms with E-state index in [1.165, 1.54) is 6.42 Å². The van der Waals surface area contributed by atoms with Gasteiger partial charge in [-0.1, -0.05) is 6.42 Å². The Hall–Kier alpha value is -0.910. The van der Waals surface area contributed by atoms with Crippen LogP contribution in [0.2, 0.25) is 0 Å². The van der Waals surface area contributed by atoms with Gasteiger partial charge in [0.2, 0.25) is 0 Å². The van der Waals surface area contributed by atoms with E-state index in [2.05, 4.69) is 17.6 Å². The lowest BCUT2D eigenvalue weighted by molar-refractivity contribution is 0.0585. The van der Waals surface area contributed by atoms with Crippen LogP contribution in [0, 0.1) is 0 Å². The van der Waals surface area contributed by atoms with Gasteiger partial charge in [0.15, 0.2) is 0 Å². The first-order valence-electron chi connectivity index (χ1n) is 5.51. The quantitative estimate of drug-likeness (QED) is 0.762. The van der Waals surface area contributed by atoms with Crippen molar-refractivity contribution in [2.75, 3.05) is 6.61 Å². The number of hydrogen-bond donors (Lipinski definition) is 1. The summed E-state index contributed by atoms with van der Waals surface area (Å²) >= 11 is 3.74. The number of hydrogen-bond acceptors (Lipinski definition) is 5.